The molecule has 18 heavy (non-hydrogen) atoms. The first-order valence-corrected chi connectivity index (χ1v) is 5.05. The van der Waals surface area contributed by atoms with Crippen molar-refractivity contribution in [1.82, 2.24) is 0 Å². The zero-order chi connectivity index (χ0) is 13.1. The normalized spacial score (nSPS) is 9.56. The molecule has 0 spiro atoms. The quantitative estimate of drug-likeness (QED) is 0.767. The van der Waals surface area contributed by atoms with E-state index in [0.717, 1.165) is 18.2 Å². The molecule has 2 rings (SSSR count). The highest BCUT2D eigenvalue weighted by molar-refractivity contribution is 5.71. The fraction of sp³-hybridized carbons (Fsp3) is 0. The number of hydrogen-bond donors (Lipinski definition) is 0. The van der Waals surface area contributed by atoms with E-state index >= 15 is 0 Å². The molecule has 2 nitrogen and oxygen atoms in total. The van der Waals surface area contributed by atoms with Gasteiger partial charge in [-0.15, -0.1) is 0 Å². The van der Waals surface area contributed by atoms with Crippen LogP contribution in [0, 0.1) is 34.3 Å². The molecule has 0 atom stereocenters. The van der Waals surface area contributed by atoms with Crippen molar-refractivity contribution >= 4 is 0 Å². The summed E-state index contributed by atoms with van der Waals surface area (Å²) in [6.45, 7) is 0. The molecule has 2 aromatic carbocycles. The molecular weight excluding hydrogens is 234 g/mol. The van der Waals surface area contributed by atoms with Crippen LogP contribution in [0.25, 0.3) is 11.1 Å². The lowest BCUT2D eigenvalue weighted by molar-refractivity contribution is 0.623. The van der Waals surface area contributed by atoms with Gasteiger partial charge in [0.1, 0.15) is 17.7 Å². The van der Waals surface area contributed by atoms with Crippen molar-refractivity contribution in [3.63, 3.8) is 0 Å². The summed E-state index contributed by atoms with van der Waals surface area (Å²) < 4.78 is 26.7. The maximum atomic E-state index is 13.4. The number of hydrogen-bond acceptors (Lipinski definition) is 2. The maximum absolute atomic E-state index is 13.4. The van der Waals surface area contributed by atoms with Crippen LogP contribution in [0.2, 0.25) is 0 Å². The molecular formula is C14H6F2N2. The molecule has 0 aliphatic heterocycles. The third-order valence-electron chi connectivity index (χ3n) is 2.46. The van der Waals surface area contributed by atoms with E-state index in [0.29, 0.717) is 5.56 Å². The lowest BCUT2D eigenvalue weighted by atomic mass is 9.98. The van der Waals surface area contributed by atoms with Crippen molar-refractivity contribution in [2.24, 2.45) is 0 Å². The molecule has 0 aliphatic rings. The van der Waals surface area contributed by atoms with Crippen molar-refractivity contribution in [1.29, 1.82) is 10.5 Å². The molecule has 0 aromatic heterocycles. The Morgan fingerprint density at radius 2 is 1.72 bits per heavy atom. The van der Waals surface area contributed by atoms with Crippen molar-refractivity contribution in [3.8, 4) is 23.3 Å². The predicted octanol–water partition coefficient (Wildman–Crippen LogP) is 3.38. The van der Waals surface area contributed by atoms with Crippen molar-refractivity contribution in [3.05, 3.63) is 59.2 Å². The van der Waals surface area contributed by atoms with Gasteiger partial charge in [0, 0.05) is 5.56 Å². The minimum Gasteiger partial charge on any atom is -0.207 e. The van der Waals surface area contributed by atoms with Gasteiger partial charge in [-0.3, -0.25) is 0 Å². The van der Waals surface area contributed by atoms with Gasteiger partial charge in [0.05, 0.1) is 17.2 Å². The zero-order valence-corrected chi connectivity index (χ0v) is 9.11. The summed E-state index contributed by atoms with van der Waals surface area (Å²) in [6.07, 6.45) is 0. The third-order valence-corrected chi connectivity index (χ3v) is 2.46. The second kappa shape index (κ2) is 4.65. The van der Waals surface area contributed by atoms with Crippen LogP contribution in [0.1, 0.15) is 11.1 Å². The summed E-state index contributed by atoms with van der Waals surface area (Å²) in [4.78, 5) is 0. The smallest absolute Gasteiger partial charge is 0.141 e. The Hall–Kier alpha value is -2.72. The monoisotopic (exact) mass is 240 g/mol. The average Bonchev–Trinajstić information content (AvgIpc) is 2.37. The van der Waals surface area contributed by atoms with Gasteiger partial charge in [-0.1, -0.05) is 12.1 Å². The van der Waals surface area contributed by atoms with E-state index in [1.165, 1.54) is 18.2 Å². The highest BCUT2D eigenvalue weighted by Crippen LogP contribution is 2.26. The predicted molar refractivity (Wildman–Crippen MR) is 61.2 cm³/mol. The van der Waals surface area contributed by atoms with Crippen LogP contribution >= 0.6 is 0 Å². The first-order chi connectivity index (χ1) is 8.65. The summed E-state index contributed by atoms with van der Waals surface area (Å²) in [6, 6.07) is 11.3. The summed E-state index contributed by atoms with van der Waals surface area (Å²) in [5.41, 5.74) is 0.543. The Labute approximate surface area is 102 Å². The molecule has 2 aromatic rings. The molecule has 4 heteroatoms. The molecule has 0 amide bonds. The molecule has 0 unspecified atom stereocenters. The van der Waals surface area contributed by atoms with Gasteiger partial charge < -0.3 is 0 Å². The van der Waals surface area contributed by atoms with Crippen molar-refractivity contribution < 1.29 is 8.78 Å². The van der Waals surface area contributed by atoms with Gasteiger partial charge in [-0.05, 0) is 29.8 Å². The van der Waals surface area contributed by atoms with E-state index in [-0.39, 0.29) is 16.7 Å². The topological polar surface area (TPSA) is 47.6 Å². The van der Waals surface area contributed by atoms with Crippen molar-refractivity contribution in [2.75, 3.05) is 0 Å². The van der Waals surface area contributed by atoms with Gasteiger partial charge in [0.2, 0.25) is 0 Å². The van der Waals surface area contributed by atoms with Gasteiger partial charge in [0.25, 0.3) is 0 Å². The van der Waals surface area contributed by atoms with Gasteiger partial charge in [-0.25, -0.2) is 8.78 Å². The summed E-state index contributed by atoms with van der Waals surface area (Å²) in [5, 5.41) is 17.7. The van der Waals surface area contributed by atoms with Gasteiger partial charge in [0.15, 0.2) is 0 Å². The molecule has 0 aliphatic carbocycles. The Morgan fingerprint density at radius 1 is 0.944 bits per heavy atom. The van der Waals surface area contributed by atoms with Crippen LogP contribution in [-0.4, -0.2) is 0 Å². The van der Waals surface area contributed by atoms with E-state index in [1.54, 1.807) is 6.07 Å². The largest absolute Gasteiger partial charge is 0.207 e. The molecule has 0 fully saturated rings. The summed E-state index contributed by atoms with van der Waals surface area (Å²) >= 11 is 0. The average molecular weight is 240 g/mol. The molecule has 0 heterocycles. The third kappa shape index (κ3) is 2.05. The van der Waals surface area contributed by atoms with Crippen LogP contribution < -0.4 is 0 Å². The van der Waals surface area contributed by atoms with E-state index in [4.69, 9.17) is 10.5 Å². The highest BCUT2D eigenvalue weighted by Gasteiger charge is 2.11. The fourth-order valence-electron chi connectivity index (χ4n) is 1.69. The fourth-order valence-corrected chi connectivity index (χ4v) is 1.69. The zero-order valence-electron chi connectivity index (χ0n) is 9.11. The number of benzene rings is 2. The Bertz CT molecular complexity index is 694. The number of halogens is 2. The minimum atomic E-state index is -0.669. The van der Waals surface area contributed by atoms with E-state index in [2.05, 4.69) is 0 Å². The van der Waals surface area contributed by atoms with Crippen LogP contribution in [-0.2, 0) is 0 Å². The summed E-state index contributed by atoms with van der Waals surface area (Å²) in [7, 11) is 0. The summed E-state index contributed by atoms with van der Waals surface area (Å²) in [5.74, 6) is -1.27. The van der Waals surface area contributed by atoms with E-state index < -0.39 is 11.6 Å². The van der Waals surface area contributed by atoms with Crippen LogP contribution in [0.3, 0.4) is 0 Å². The molecule has 0 saturated carbocycles. The Kier molecular flexibility index (Phi) is 3.03. The maximum Gasteiger partial charge on any atom is 0.141 e. The molecule has 0 N–H and O–H groups in total. The Balaban J connectivity index is 2.71. The van der Waals surface area contributed by atoms with Crippen LogP contribution in [0.4, 0.5) is 8.78 Å². The second-order valence-electron chi connectivity index (χ2n) is 3.61. The molecule has 86 valence electrons. The number of nitrogens with zero attached hydrogens (tertiary/aromatic N) is 2. The first-order valence-electron chi connectivity index (χ1n) is 5.05. The minimum absolute atomic E-state index is 0.123. The van der Waals surface area contributed by atoms with Crippen LogP contribution in [0.5, 0.6) is 0 Å². The number of rotatable bonds is 1. The highest BCUT2D eigenvalue weighted by atomic mass is 19.1. The Morgan fingerprint density at radius 3 is 2.39 bits per heavy atom. The SMILES string of the molecule is N#Cc1cc(F)cc(-c2cccc(F)c2C#N)c1. The van der Waals surface area contributed by atoms with Gasteiger partial charge >= 0.3 is 0 Å². The lowest BCUT2D eigenvalue weighted by Crippen LogP contribution is -1.91. The van der Waals surface area contributed by atoms with Crippen LogP contribution in [0.15, 0.2) is 36.4 Å². The molecule has 0 saturated heterocycles. The van der Waals surface area contributed by atoms with E-state index in [9.17, 15) is 8.78 Å². The number of nitriles is 2. The van der Waals surface area contributed by atoms with Crippen molar-refractivity contribution in [2.45, 2.75) is 0 Å². The second-order valence-corrected chi connectivity index (χ2v) is 3.61. The lowest BCUT2D eigenvalue weighted by Gasteiger charge is -2.05. The van der Waals surface area contributed by atoms with E-state index in [1.807, 2.05) is 6.07 Å². The molecule has 0 radical (unpaired) electrons. The molecule has 0 bridgehead atoms. The first kappa shape index (κ1) is 11.8. The standard InChI is InChI=1S/C14H6F2N2/c15-11-5-9(7-17)4-10(6-11)12-2-1-3-14(16)13(12)8-18/h1-6H. The van der Waals surface area contributed by atoms with Gasteiger partial charge in [-0.2, -0.15) is 10.5 Å².